The molecule has 92 valence electrons. The molecule has 5 nitrogen and oxygen atoms in total. The van der Waals surface area contributed by atoms with Gasteiger partial charge in [-0.3, -0.25) is 15.4 Å². The van der Waals surface area contributed by atoms with Gasteiger partial charge in [-0.25, -0.2) is 0 Å². The van der Waals surface area contributed by atoms with Crippen LogP contribution < -0.4 is 11.1 Å². The third-order valence-corrected chi connectivity index (χ3v) is 3.44. The van der Waals surface area contributed by atoms with Crippen molar-refractivity contribution in [2.45, 2.75) is 12.8 Å². The van der Waals surface area contributed by atoms with E-state index in [-0.39, 0.29) is 6.54 Å². The monoisotopic (exact) mass is 275 g/mol. The van der Waals surface area contributed by atoms with Gasteiger partial charge >= 0.3 is 5.97 Å². The Bertz CT molecular complexity index is 467. The van der Waals surface area contributed by atoms with Gasteiger partial charge in [-0.15, -0.1) is 0 Å². The van der Waals surface area contributed by atoms with Crippen molar-refractivity contribution in [3.8, 4) is 0 Å². The summed E-state index contributed by atoms with van der Waals surface area (Å²) in [6.45, 7) is 0.200. The van der Waals surface area contributed by atoms with Crippen molar-refractivity contribution in [1.29, 1.82) is 0 Å². The molecule has 17 heavy (non-hydrogen) atoms. The lowest BCUT2D eigenvalue weighted by Crippen LogP contribution is -2.51. The molecule has 1 aromatic carbocycles. The highest BCUT2D eigenvalue weighted by molar-refractivity contribution is 6.42. The van der Waals surface area contributed by atoms with Crippen LogP contribution in [0, 0.1) is 0 Å². The highest BCUT2D eigenvalue weighted by Gasteiger charge is 2.26. The predicted octanol–water partition coefficient (Wildman–Crippen LogP) is 1.55. The number of hydrogen-bond acceptors (Lipinski definition) is 4. The van der Waals surface area contributed by atoms with Crippen molar-refractivity contribution < 1.29 is 9.90 Å². The molecule has 2 rings (SSSR count). The maximum Gasteiger partial charge on any atom is 0.317 e. The number of nitrogens with zero attached hydrogens (tertiary/aromatic N) is 1. The van der Waals surface area contributed by atoms with Crippen LogP contribution in [-0.4, -0.2) is 28.8 Å². The van der Waals surface area contributed by atoms with E-state index in [1.165, 1.54) is 0 Å². The Balaban J connectivity index is 2.32. The van der Waals surface area contributed by atoms with E-state index in [1.54, 1.807) is 17.0 Å². The molecule has 0 aliphatic carbocycles. The van der Waals surface area contributed by atoms with E-state index in [1.807, 2.05) is 0 Å². The van der Waals surface area contributed by atoms with E-state index in [0.717, 1.165) is 11.3 Å². The first kappa shape index (κ1) is 12.4. The standard InChI is InChI=1S/C10H11Cl2N3O2/c11-6-1-2-7-5(9(6)12)3-15(4-8(16)17)10(13)14-7/h1-2,10,14H,3-4,13H2,(H,16,17). The minimum Gasteiger partial charge on any atom is -0.480 e. The molecule has 1 aromatic rings. The number of nitrogens with two attached hydrogens (primary N) is 1. The Morgan fingerprint density at radius 2 is 2.29 bits per heavy atom. The van der Waals surface area contributed by atoms with Gasteiger partial charge in [-0.2, -0.15) is 0 Å². The molecule has 1 aliphatic rings. The van der Waals surface area contributed by atoms with Crippen molar-refractivity contribution in [1.82, 2.24) is 4.90 Å². The summed E-state index contributed by atoms with van der Waals surface area (Å²) in [6.07, 6.45) is -0.546. The fourth-order valence-electron chi connectivity index (χ4n) is 1.76. The van der Waals surface area contributed by atoms with Gasteiger partial charge in [0.15, 0.2) is 0 Å². The Labute approximate surface area is 108 Å². The molecular formula is C10H11Cl2N3O2. The van der Waals surface area contributed by atoms with Crippen LogP contribution in [0.25, 0.3) is 0 Å². The summed E-state index contributed by atoms with van der Waals surface area (Å²) in [5.41, 5.74) is 7.36. The predicted molar refractivity (Wildman–Crippen MR) is 66.1 cm³/mol. The van der Waals surface area contributed by atoms with E-state index < -0.39 is 12.3 Å². The lowest BCUT2D eigenvalue weighted by atomic mass is 10.1. The number of nitrogens with one attached hydrogen (secondary N) is 1. The smallest absolute Gasteiger partial charge is 0.317 e. The molecule has 1 aliphatic heterocycles. The molecule has 0 amide bonds. The average molecular weight is 276 g/mol. The number of carbonyl (C=O) groups is 1. The van der Waals surface area contributed by atoms with Crippen LogP contribution in [0.5, 0.6) is 0 Å². The zero-order chi connectivity index (χ0) is 12.6. The van der Waals surface area contributed by atoms with Gasteiger partial charge in [0.2, 0.25) is 0 Å². The highest BCUT2D eigenvalue weighted by Crippen LogP contribution is 2.35. The van der Waals surface area contributed by atoms with Gasteiger partial charge in [-0.05, 0) is 12.1 Å². The maximum absolute atomic E-state index is 10.7. The summed E-state index contributed by atoms with van der Waals surface area (Å²) >= 11 is 12.0. The largest absolute Gasteiger partial charge is 0.480 e. The molecule has 7 heteroatoms. The van der Waals surface area contributed by atoms with Crippen molar-refractivity contribution in [3.63, 3.8) is 0 Å². The van der Waals surface area contributed by atoms with E-state index in [2.05, 4.69) is 5.32 Å². The lowest BCUT2D eigenvalue weighted by molar-refractivity contribution is -0.139. The minimum absolute atomic E-state index is 0.156. The third-order valence-electron chi connectivity index (χ3n) is 2.59. The van der Waals surface area contributed by atoms with E-state index in [0.29, 0.717) is 16.6 Å². The molecule has 0 radical (unpaired) electrons. The van der Waals surface area contributed by atoms with Gasteiger partial charge in [0.05, 0.1) is 16.6 Å². The summed E-state index contributed by atoms with van der Waals surface area (Å²) < 4.78 is 0. The first-order chi connectivity index (χ1) is 7.99. The fourth-order valence-corrected chi connectivity index (χ4v) is 2.16. The third kappa shape index (κ3) is 2.47. The number of carboxylic acids is 1. The van der Waals surface area contributed by atoms with Gasteiger partial charge in [0.25, 0.3) is 0 Å². The van der Waals surface area contributed by atoms with Crippen LogP contribution in [0.2, 0.25) is 10.0 Å². The SMILES string of the molecule is NC1Nc2ccc(Cl)c(Cl)c2CN1CC(=O)O. The summed E-state index contributed by atoms with van der Waals surface area (Å²) in [4.78, 5) is 12.3. The highest BCUT2D eigenvalue weighted by atomic mass is 35.5. The molecule has 0 aromatic heterocycles. The number of benzene rings is 1. The first-order valence-electron chi connectivity index (χ1n) is 4.94. The zero-order valence-electron chi connectivity index (χ0n) is 8.78. The van der Waals surface area contributed by atoms with Crippen LogP contribution in [0.15, 0.2) is 12.1 Å². The number of fused-ring (bicyclic) bond motifs is 1. The minimum atomic E-state index is -0.941. The number of anilines is 1. The van der Waals surface area contributed by atoms with Gasteiger partial charge < -0.3 is 10.4 Å². The number of aliphatic carboxylic acids is 1. The molecule has 0 saturated heterocycles. The molecule has 4 N–H and O–H groups in total. The number of carboxylic acid groups (broad SMARTS) is 1. The quantitative estimate of drug-likeness (QED) is 0.763. The summed E-state index contributed by atoms with van der Waals surface area (Å²) in [5, 5.41) is 12.6. The Kier molecular flexibility index (Phi) is 3.44. The van der Waals surface area contributed by atoms with Crippen LogP contribution in [0.4, 0.5) is 5.69 Å². The first-order valence-corrected chi connectivity index (χ1v) is 5.69. The summed E-state index contributed by atoms with van der Waals surface area (Å²) in [6, 6.07) is 3.46. The van der Waals surface area contributed by atoms with E-state index in [9.17, 15) is 4.79 Å². The summed E-state index contributed by atoms with van der Waals surface area (Å²) in [7, 11) is 0. The lowest BCUT2D eigenvalue weighted by Gasteiger charge is -2.35. The Morgan fingerprint density at radius 1 is 1.59 bits per heavy atom. The van der Waals surface area contributed by atoms with Crippen molar-refractivity contribution in [2.75, 3.05) is 11.9 Å². The number of rotatable bonds is 2. The molecular weight excluding hydrogens is 265 g/mol. The number of halogens is 2. The maximum atomic E-state index is 10.7. The molecule has 0 spiro atoms. The molecule has 1 unspecified atom stereocenters. The second-order valence-corrected chi connectivity index (χ2v) is 4.56. The van der Waals surface area contributed by atoms with Gasteiger partial charge in [0, 0.05) is 17.8 Å². The van der Waals surface area contributed by atoms with Crippen molar-refractivity contribution >= 4 is 34.9 Å². The van der Waals surface area contributed by atoms with Gasteiger partial charge in [0.1, 0.15) is 6.29 Å². The van der Waals surface area contributed by atoms with Crippen LogP contribution >= 0.6 is 23.2 Å². The molecule has 1 atom stereocenters. The zero-order valence-corrected chi connectivity index (χ0v) is 10.3. The molecule has 0 saturated carbocycles. The molecule has 0 fully saturated rings. The van der Waals surface area contributed by atoms with Crippen LogP contribution in [0.3, 0.4) is 0 Å². The average Bonchev–Trinajstić information content (AvgIpc) is 2.25. The van der Waals surface area contributed by atoms with Crippen LogP contribution in [0.1, 0.15) is 5.56 Å². The normalized spacial score (nSPS) is 19.6. The van der Waals surface area contributed by atoms with Crippen molar-refractivity contribution in [3.05, 3.63) is 27.7 Å². The fraction of sp³-hybridized carbons (Fsp3) is 0.300. The van der Waals surface area contributed by atoms with E-state index in [4.69, 9.17) is 34.0 Å². The Hall–Kier alpha value is -1.01. The topological polar surface area (TPSA) is 78.6 Å². The molecule has 1 heterocycles. The Morgan fingerprint density at radius 3 is 2.94 bits per heavy atom. The van der Waals surface area contributed by atoms with Crippen LogP contribution in [-0.2, 0) is 11.3 Å². The van der Waals surface area contributed by atoms with Gasteiger partial charge in [-0.1, -0.05) is 23.2 Å². The van der Waals surface area contributed by atoms with E-state index >= 15 is 0 Å². The number of hydrogen-bond donors (Lipinski definition) is 3. The second kappa shape index (κ2) is 4.70. The second-order valence-electron chi connectivity index (χ2n) is 3.78. The molecule has 0 bridgehead atoms. The van der Waals surface area contributed by atoms with Crippen molar-refractivity contribution in [2.24, 2.45) is 5.73 Å². The summed E-state index contributed by atoms with van der Waals surface area (Å²) in [5.74, 6) is -0.941.